The zero-order valence-corrected chi connectivity index (χ0v) is 25.9. The molecule has 240 valence electrons. The smallest absolute Gasteiger partial charge is 0.437 e. The number of rotatable bonds is 9. The van der Waals surface area contributed by atoms with E-state index in [4.69, 9.17) is 26.1 Å². The lowest BCUT2D eigenvalue weighted by Crippen LogP contribution is -2.48. The Labute approximate surface area is 265 Å². The van der Waals surface area contributed by atoms with Crippen LogP contribution in [0.4, 0.5) is 18.9 Å². The molecular weight excluding hydrogens is 609 g/mol. The Bertz CT molecular complexity index is 1540. The van der Waals surface area contributed by atoms with E-state index in [1.165, 1.54) is 12.1 Å². The minimum absolute atomic E-state index is 0.00682. The number of aromatic nitrogens is 3. The second-order valence-electron chi connectivity index (χ2n) is 11.9. The first-order valence-electron chi connectivity index (χ1n) is 15.4. The van der Waals surface area contributed by atoms with Crippen LogP contribution in [0.25, 0.3) is 11.3 Å². The molecule has 0 radical (unpaired) electrons. The molecule has 1 aliphatic carbocycles. The van der Waals surface area contributed by atoms with Gasteiger partial charge in [-0.2, -0.15) is 13.2 Å². The Hall–Kier alpha value is -3.64. The first kappa shape index (κ1) is 31.3. The average Bonchev–Trinajstić information content (AvgIpc) is 3.79. The molecule has 2 saturated heterocycles. The summed E-state index contributed by atoms with van der Waals surface area (Å²) < 4.78 is 52.9. The van der Waals surface area contributed by atoms with Gasteiger partial charge in [-0.25, -0.2) is 15.0 Å². The van der Waals surface area contributed by atoms with Gasteiger partial charge >= 0.3 is 6.18 Å². The number of amides is 1. The van der Waals surface area contributed by atoms with Crippen LogP contribution in [0.15, 0.2) is 42.6 Å². The molecule has 1 amide bonds. The van der Waals surface area contributed by atoms with Gasteiger partial charge in [0, 0.05) is 44.2 Å². The number of hydrogen-bond donors (Lipinski definition) is 1. The number of halogens is 4. The van der Waals surface area contributed by atoms with E-state index in [9.17, 15) is 18.0 Å². The Kier molecular flexibility index (Phi) is 9.05. The van der Waals surface area contributed by atoms with Gasteiger partial charge in [0.15, 0.2) is 17.1 Å². The summed E-state index contributed by atoms with van der Waals surface area (Å²) in [6.07, 6.45) is 0.292. The number of likely N-dealkylation sites (tertiary alicyclic amines) is 1. The van der Waals surface area contributed by atoms with E-state index < -0.39 is 18.0 Å². The Balaban J connectivity index is 1.31. The maximum absolute atomic E-state index is 13.9. The highest BCUT2D eigenvalue weighted by molar-refractivity contribution is 6.29. The monoisotopic (exact) mass is 644 g/mol. The second kappa shape index (κ2) is 13.0. The summed E-state index contributed by atoms with van der Waals surface area (Å²) in [5.74, 6) is 0.189. The van der Waals surface area contributed by atoms with Crippen LogP contribution >= 0.6 is 11.6 Å². The lowest BCUT2D eigenvalue weighted by molar-refractivity contribution is -0.143. The van der Waals surface area contributed by atoms with Crippen molar-refractivity contribution < 1.29 is 27.4 Å². The average molecular weight is 645 g/mol. The number of alkyl halides is 3. The molecule has 1 saturated carbocycles. The predicted molar refractivity (Wildman–Crippen MR) is 164 cm³/mol. The second-order valence-corrected chi connectivity index (χ2v) is 12.3. The van der Waals surface area contributed by atoms with E-state index in [0.29, 0.717) is 60.4 Å². The van der Waals surface area contributed by atoms with Crippen molar-refractivity contribution in [3.63, 3.8) is 0 Å². The number of hydrogen-bond acceptors (Lipinski definition) is 8. The summed E-state index contributed by atoms with van der Waals surface area (Å²) in [6.45, 7) is 4.45. The van der Waals surface area contributed by atoms with Crippen molar-refractivity contribution in [2.75, 3.05) is 38.2 Å². The zero-order valence-electron chi connectivity index (χ0n) is 25.2. The van der Waals surface area contributed by atoms with Gasteiger partial charge in [0.25, 0.3) is 5.91 Å². The molecule has 9 nitrogen and oxygen atoms in total. The minimum atomic E-state index is -4.70. The van der Waals surface area contributed by atoms with Gasteiger partial charge in [-0.1, -0.05) is 11.6 Å². The molecule has 6 rings (SSSR count). The number of piperidine rings is 1. The van der Waals surface area contributed by atoms with Crippen molar-refractivity contribution in [1.29, 1.82) is 0 Å². The normalized spacial score (nSPS) is 22.4. The molecule has 3 fully saturated rings. The maximum Gasteiger partial charge on any atom is 0.437 e. The highest BCUT2D eigenvalue weighted by atomic mass is 35.5. The SMILES string of the molecule is CCOc1ncccc1-c1ccc(N2CC[C@H](Oc3ccc(Cl)nc3C(F)(F)F)C[C@@H]2C2CC2)c(C(=O)N[C@@H]2CCN(C)C2)n1. The highest BCUT2D eigenvalue weighted by Gasteiger charge is 2.43. The number of pyridine rings is 3. The molecule has 3 atom stereocenters. The van der Waals surface area contributed by atoms with Gasteiger partial charge in [-0.3, -0.25) is 4.79 Å². The zero-order chi connectivity index (χ0) is 31.7. The van der Waals surface area contributed by atoms with Crippen LogP contribution in [-0.2, 0) is 6.18 Å². The minimum Gasteiger partial charge on any atom is -0.488 e. The van der Waals surface area contributed by atoms with Gasteiger partial charge in [0.1, 0.15) is 11.3 Å². The number of ether oxygens (including phenoxy) is 2. The van der Waals surface area contributed by atoms with E-state index in [1.54, 1.807) is 12.3 Å². The summed E-state index contributed by atoms with van der Waals surface area (Å²) in [5.41, 5.74) is 1.13. The number of nitrogens with one attached hydrogen (secondary N) is 1. The van der Waals surface area contributed by atoms with Gasteiger partial charge < -0.3 is 24.6 Å². The summed E-state index contributed by atoms with van der Waals surface area (Å²) in [6, 6.07) is 9.97. The molecule has 0 unspecified atom stereocenters. The maximum atomic E-state index is 13.9. The summed E-state index contributed by atoms with van der Waals surface area (Å²) in [5, 5.41) is 2.94. The van der Waals surface area contributed by atoms with Gasteiger partial charge in [-0.15, -0.1) is 0 Å². The fraction of sp³-hybridized carbons (Fsp3) is 0.500. The van der Waals surface area contributed by atoms with Gasteiger partial charge in [0.05, 0.1) is 23.6 Å². The topological polar surface area (TPSA) is 92.7 Å². The molecule has 5 heterocycles. The molecule has 1 N–H and O–H groups in total. The van der Waals surface area contributed by atoms with Crippen LogP contribution in [0, 0.1) is 5.92 Å². The molecular formula is C32H36ClF3N6O3. The first-order valence-corrected chi connectivity index (χ1v) is 15.7. The standard InChI is InChI=1S/C32H36ClF3N6O3/c1-3-44-31-22(5-4-14-37-31)23-8-9-24(28(39-23)30(43)38-20-12-15-41(2)18-20)42-16-13-21(17-25(42)19-6-7-19)45-26-10-11-27(33)40-29(26)32(34,35)36/h4-5,8-11,14,19-21,25H,3,6-7,12-13,15-18H2,1-2H3,(H,38,43)/t20-,21+,25-/m1/s1. The molecule has 3 aromatic rings. The van der Waals surface area contributed by atoms with Crippen molar-refractivity contribution in [2.24, 2.45) is 5.92 Å². The number of likely N-dealkylation sites (N-methyl/N-ethyl adjacent to an activating group) is 1. The number of carbonyl (C=O) groups is 1. The van der Waals surface area contributed by atoms with E-state index in [2.05, 4.69) is 25.1 Å². The van der Waals surface area contributed by atoms with E-state index in [1.807, 2.05) is 32.2 Å². The largest absolute Gasteiger partial charge is 0.488 e. The Morgan fingerprint density at radius 2 is 1.91 bits per heavy atom. The number of anilines is 1. The van der Waals surface area contributed by atoms with Gasteiger partial charge in [0.2, 0.25) is 5.88 Å². The summed E-state index contributed by atoms with van der Waals surface area (Å²) in [7, 11) is 2.03. The fourth-order valence-electron chi connectivity index (χ4n) is 6.34. The molecule has 2 aliphatic heterocycles. The van der Waals surface area contributed by atoms with Crippen LogP contribution < -0.4 is 19.7 Å². The molecule has 3 aromatic heterocycles. The highest BCUT2D eigenvalue weighted by Crippen LogP contribution is 2.44. The van der Waals surface area contributed by atoms with Crippen molar-refractivity contribution >= 4 is 23.2 Å². The molecule has 0 spiro atoms. The van der Waals surface area contributed by atoms with Crippen molar-refractivity contribution in [3.05, 3.63) is 59.1 Å². The van der Waals surface area contributed by atoms with Crippen molar-refractivity contribution in [3.8, 4) is 22.9 Å². The fourth-order valence-corrected chi connectivity index (χ4v) is 6.49. The van der Waals surface area contributed by atoms with E-state index >= 15 is 0 Å². The molecule has 3 aliphatic rings. The number of nitrogens with zero attached hydrogens (tertiary/aromatic N) is 5. The third-order valence-electron chi connectivity index (χ3n) is 8.60. The van der Waals surface area contributed by atoms with E-state index in [0.717, 1.165) is 32.4 Å². The Morgan fingerprint density at radius 3 is 2.62 bits per heavy atom. The quantitative estimate of drug-likeness (QED) is 0.289. The first-order chi connectivity index (χ1) is 21.6. The van der Waals surface area contributed by atoms with Crippen LogP contribution in [0.1, 0.15) is 55.2 Å². The molecule has 45 heavy (non-hydrogen) atoms. The van der Waals surface area contributed by atoms with Crippen molar-refractivity contribution in [2.45, 2.75) is 63.4 Å². The summed E-state index contributed by atoms with van der Waals surface area (Å²) in [4.78, 5) is 31.0. The van der Waals surface area contributed by atoms with Crippen LogP contribution in [0.3, 0.4) is 0 Å². The molecule has 0 bridgehead atoms. The molecule has 13 heteroatoms. The summed E-state index contributed by atoms with van der Waals surface area (Å²) >= 11 is 5.78. The van der Waals surface area contributed by atoms with Gasteiger partial charge in [-0.05, 0) is 82.1 Å². The third-order valence-corrected chi connectivity index (χ3v) is 8.81. The molecule has 0 aromatic carbocycles. The van der Waals surface area contributed by atoms with Crippen LogP contribution in [-0.4, -0.2) is 77.2 Å². The van der Waals surface area contributed by atoms with Crippen molar-refractivity contribution in [1.82, 2.24) is 25.2 Å². The number of carbonyl (C=O) groups excluding carboxylic acids is 1. The Morgan fingerprint density at radius 1 is 1.09 bits per heavy atom. The van der Waals surface area contributed by atoms with E-state index in [-0.39, 0.29) is 28.9 Å². The van der Waals surface area contributed by atoms with Crippen LogP contribution in [0.2, 0.25) is 5.15 Å². The lowest BCUT2D eigenvalue weighted by atomic mass is 9.94. The third kappa shape index (κ3) is 7.12. The lowest BCUT2D eigenvalue weighted by Gasteiger charge is -2.42. The predicted octanol–water partition coefficient (Wildman–Crippen LogP) is 5.87. The van der Waals surface area contributed by atoms with Crippen LogP contribution in [0.5, 0.6) is 11.6 Å².